The zero-order valence-electron chi connectivity index (χ0n) is 18.3. The van der Waals surface area contributed by atoms with Gasteiger partial charge in [-0.15, -0.1) is 0 Å². The van der Waals surface area contributed by atoms with Crippen LogP contribution in [0.3, 0.4) is 0 Å². The van der Waals surface area contributed by atoms with Gasteiger partial charge < -0.3 is 4.42 Å². The van der Waals surface area contributed by atoms with Crippen LogP contribution in [0.15, 0.2) is 120 Å². The quantitative estimate of drug-likeness (QED) is 0.253. The average Bonchev–Trinajstić information content (AvgIpc) is 3.29. The minimum absolute atomic E-state index is 0.634. The molecule has 0 saturated carbocycles. The van der Waals surface area contributed by atoms with E-state index in [2.05, 4.69) is 103 Å². The largest absolute Gasteiger partial charge is 0.454 e. The van der Waals surface area contributed by atoms with Crippen LogP contribution < -0.4 is 0 Å². The summed E-state index contributed by atoms with van der Waals surface area (Å²) in [6.07, 6.45) is 0. The van der Waals surface area contributed by atoms with Crippen molar-refractivity contribution in [3.8, 4) is 22.3 Å². The third-order valence-electron chi connectivity index (χ3n) is 6.74. The molecular weight excluding hydrogens is 436 g/mol. The van der Waals surface area contributed by atoms with Crippen LogP contribution in [-0.4, -0.2) is 0 Å². The fraction of sp³-hybridized carbons (Fsp3) is 0. The van der Waals surface area contributed by atoms with E-state index in [-0.39, 0.29) is 0 Å². The summed E-state index contributed by atoms with van der Waals surface area (Å²) < 4.78 is 6.42. The van der Waals surface area contributed by atoms with Crippen molar-refractivity contribution >= 4 is 55.1 Å². The minimum Gasteiger partial charge on any atom is -0.454 e. The van der Waals surface area contributed by atoms with Crippen LogP contribution in [0.25, 0.3) is 65.7 Å². The van der Waals surface area contributed by atoms with Crippen molar-refractivity contribution in [3.63, 3.8) is 0 Å². The second-order valence-electron chi connectivity index (χ2n) is 8.67. The number of para-hydroxylation sites is 1. The molecule has 6 aromatic carbocycles. The predicted molar refractivity (Wildman–Crippen MR) is 145 cm³/mol. The van der Waals surface area contributed by atoms with E-state index in [1.807, 2.05) is 12.1 Å². The molecule has 0 N–H and O–H groups in total. The summed E-state index contributed by atoms with van der Waals surface area (Å²) in [7, 11) is 0. The molecule has 0 unspecified atom stereocenters. The Kier molecular flexibility index (Phi) is 4.27. The van der Waals surface area contributed by atoms with Crippen molar-refractivity contribution < 1.29 is 4.42 Å². The third-order valence-corrected chi connectivity index (χ3v) is 7.04. The summed E-state index contributed by atoms with van der Waals surface area (Å²) in [4.78, 5) is 0. The van der Waals surface area contributed by atoms with Crippen molar-refractivity contribution in [2.24, 2.45) is 0 Å². The number of hydrogen-bond donors (Lipinski definition) is 0. The topological polar surface area (TPSA) is 13.1 Å². The van der Waals surface area contributed by atoms with E-state index in [4.69, 9.17) is 16.0 Å². The van der Waals surface area contributed by atoms with Gasteiger partial charge in [0.05, 0.1) is 5.02 Å². The van der Waals surface area contributed by atoms with Gasteiger partial charge in [0.2, 0.25) is 0 Å². The highest BCUT2D eigenvalue weighted by molar-refractivity contribution is 6.37. The molecule has 0 aliphatic rings. The summed E-state index contributed by atoms with van der Waals surface area (Å²) in [5.41, 5.74) is 6.25. The molecule has 160 valence electrons. The summed E-state index contributed by atoms with van der Waals surface area (Å²) in [6, 6.07) is 40.4. The number of hydrogen-bond acceptors (Lipinski definition) is 1. The van der Waals surface area contributed by atoms with Crippen molar-refractivity contribution in [1.82, 2.24) is 0 Å². The second-order valence-corrected chi connectivity index (χ2v) is 9.08. The predicted octanol–water partition coefficient (Wildman–Crippen LogP) is 9.88. The Morgan fingerprint density at radius 2 is 1.09 bits per heavy atom. The van der Waals surface area contributed by atoms with E-state index < -0.39 is 0 Å². The van der Waals surface area contributed by atoms with Gasteiger partial charge in [0.1, 0.15) is 5.58 Å². The molecular formula is C32H19ClO. The lowest BCUT2D eigenvalue weighted by Gasteiger charge is -2.10. The zero-order valence-corrected chi connectivity index (χ0v) is 19.0. The Morgan fingerprint density at radius 3 is 1.91 bits per heavy atom. The van der Waals surface area contributed by atoms with Crippen molar-refractivity contribution in [3.05, 3.63) is 120 Å². The van der Waals surface area contributed by atoms with Gasteiger partial charge in [0.15, 0.2) is 5.58 Å². The number of benzene rings is 6. The molecule has 0 saturated heterocycles. The van der Waals surface area contributed by atoms with Gasteiger partial charge in [-0.3, -0.25) is 0 Å². The highest BCUT2D eigenvalue weighted by Crippen LogP contribution is 2.43. The monoisotopic (exact) mass is 454 g/mol. The van der Waals surface area contributed by atoms with Crippen molar-refractivity contribution in [2.45, 2.75) is 0 Å². The summed E-state index contributed by atoms with van der Waals surface area (Å²) >= 11 is 6.52. The Hall–Kier alpha value is -4.07. The molecule has 0 aliphatic heterocycles. The second kappa shape index (κ2) is 7.48. The Morgan fingerprint density at radius 1 is 0.471 bits per heavy atom. The first-order valence-corrected chi connectivity index (χ1v) is 11.8. The molecule has 0 radical (unpaired) electrons. The van der Waals surface area contributed by atoms with E-state index in [0.717, 1.165) is 33.1 Å². The van der Waals surface area contributed by atoms with Crippen LogP contribution in [0, 0.1) is 0 Å². The molecule has 34 heavy (non-hydrogen) atoms. The lowest BCUT2D eigenvalue weighted by atomic mass is 9.94. The normalized spacial score (nSPS) is 11.7. The molecule has 7 rings (SSSR count). The third kappa shape index (κ3) is 2.88. The summed E-state index contributed by atoms with van der Waals surface area (Å²) in [5.74, 6) is 0. The average molecular weight is 455 g/mol. The van der Waals surface area contributed by atoms with E-state index in [1.165, 1.54) is 32.7 Å². The number of fused-ring (bicyclic) bond motifs is 6. The maximum absolute atomic E-state index is 6.52. The highest BCUT2D eigenvalue weighted by atomic mass is 35.5. The first kappa shape index (κ1) is 19.4. The summed E-state index contributed by atoms with van der Waals surface area (Å²) in [6.45, 7) is 0. The van der Waals surface area contributed by atoms with Gasteiger partial charge >= 0.3 is 0 Å². The summed E-state index contributed by atoms with van der Waals surface area (Å²) in [5, 5.41) is 7.67. The first-order valence-electron chi connectivity index (χ1n) is 11.4. The van der Waals surface area contributed by atoms with E-state index in [0.29, 0.717) is 5.02 Å². The standard InChI is InChI=1S/C32H19ClO/c33-29-14-6-13-27-30-26-11-4-2-8-23(26)19-28(32(30)34-31(27)29)22-17-15-21(16-18-22)25-12-5-9-20-7-1-3-10-24(20)25/h1-19H. The van der Waals surface area contributed by atoms with E-state index >= 15 is 0 Å². The number of rotatable bonds is 2. The SMILES string of the molecule is Clc1cccc2c1oc1c(-c3ccc(-c4cccc5ccccc45)cc3)cc3ccccc3c12. The lowest BCUT2D eigenvalue weighted by molar-refractivity contribution is 0.670. The molecule has 0 fully saturated rings. The van der Waals surface area contributed by atoms with Crippen LogP contribution in [0.2, 0.25) is 5.02 Å². The maximum atomic E-state index is 6.52. The van der Waals surface area contributed by atoms with Gasteiger partial charge in [-0.05, 0) is 50.4 Å². The lowest BCUT2D eigenvalue weighted by Crippen LogP contribution is -1.84. The molecule has 0 aliphatic carbocycles. The zero-order chi connectivity index (χ0) is 22.6. The molecule has 2 heteroatoms. The van der Waals surface area contributed by atoms with Gasteiger partial charge in [0, 0.05) is 16.3 Å². The number of furan rings is 1. The van der Waals surface area contributed by atoms with Crippen molar-refractivity contribution in [1.29, 1.82) is 0 Å². The minimum atomic E-state index is 0.634. The molecule has 1 aromatic heterocycles. The Bertz CT molecular complexity index is 1850. The Balaban J connectivity index is 1.47. The van der Waals surface area contributed by atoms with Crippen LogP contribution in [0.5, 0.6) is 0 Å². The fourth-order valence-electron chi connectivity index (χ4n) is 5.13. The Labute approximate surface area is 201 Å². The highest BCUT2D eigenvalue weighted by Gasteiger charge is 2.17. The fourth-order valence-corrected chi connectivity index (χ4v) is 5.35. The number of halogens is 1. The van der Waals surface area contributed by atoms with Crippen LogP contribution in [0.1, 0.15) is 0 Å². The van der Waals surface area contributed by atoms with Gasteiger partial charge in [-0.1, -0.05) is 115 Å². The van der Waals surface area contributed by atoms with Crippen LogP contribution >= 0.6 is 11.6 Å². The first-order chi connectivity index (χ1) is 16.8. The smallest absolute Gasteiger partial charge is 0.154 e. The van der Waals surface area contributed by atoms with E-state index in [1.54, 1.807) is 0 Å². The van der Waals surface area contributed by atoms with E-state index in [9.17, 15) is 0 Å². The van der Waals surface area contributed by atoms with Gasteiger partial charge in [0.25, 0.3) is 0 Å². The van der Waals surface area contributed by atoms with Crippen LogP contribution in [0.4, 0.5) is 0 Å². The van der Waals surface area contributed by atoms with Gasteiger partial charge in [-0.2, -0.15) is 0 Å². The molecule has 0 atom stereocenters. The molecule has 1 nitrogen and oxygen atoms in total. The molecule has 1 heterocycles. The molecule has 7 aromatic rings. The molecule has 0 amide bonds. The molecule has 0 spiro atoms. The van der Waals surface area contributed by atoms with Crippen molar-refractivity contribution in [2.75, 3.05) is 0 Å². The van der Waals surface area contributed by atoms with Crippen LogP contribution in [-0.2, 0) is 0 Å². The molecule has 0 bridgehead atoms. The maximum Gasteiger partial charge on any atom is 0.154 e. The van der Waals surface area contributed by atoms with Gasteiger partial charge in [-0.25, -0.2) is 0 Å².